The molecule has 1 aromatic carbocycles. The van der Waals surface area contributed by atoms with Crippen LogP contribution in [0.15, 0.2) is 18.2 Å². The molecule has 7 nitrogen and oxygen atoms in total. The van der Waals surface area contributed by atoms with E-state index in [9.17, 15) is 13.2 Å². The minimum Gasteiger partial charge on any atom is -0.478 e. The Morgan fingerprint density at radius 3 is 2.58 bits per heavy atom. The number of aromatic nitrogens is 2. The summed E-state index contributed by atoms with van der Waals surface area (Å²) >= 11 is 0. The van der Waals surface area contributed by atoms with E-state index in [0.717, 1.165) is 3.97 Å². The van der Waals surface area contributed by atoms with Crippen molar-refractivity contribution in [2.45, 2.75) is 19.1 Å². The van der Waals surface area contributed by atoms with Crippen LogP contribution in [0.25, 0.3) is 11.0 Å². The third-order valence-corrected chi connectivity index (χ3v) is 4.83. The number of hydrogen-bond donors (Lipinski definition) is 2. The average molecular weight is 283 g/mol. The van der Waals surface area contributed by atoms with Crippen LogP contribution in [-0.4, -0.2) is 33.7 Å². The molecule has 0 saturated heterocycles. The zero-order valence-corrected chi connectivity index (χ0v) is 11.2. The summed E-state index contributed by atoms with van der Waals surface area (Å²) in [5, 5.41) is 8.36. The molecule has 0 fully saturated rings. The van der Waals surface area contributed by atoms with Crippen LogP contribution in [0.4, 0.5) is 5.95 Å². The molecule has 0 aliphatic heterocycles. The number of rotatable bonds is 3. The van der Waals surface area contributed by atoms with E-state index >= 15 is 0 Å². The molecular formula is C11H13N3O4S. The van der Waals surface area contributed by atoms with Gasteiger partial charge < -0.3 is 10.8 Å². The highest BCUT2D eigenvalue weighted by Crippen LogP contribution is 2.24. The van der Waals surface area contributed by atoms with E-state index < -0.39 is 21.2 Å². The molecule has 0 bridgehead atoms. The van der Waals surface area contributed by atoms with Crippen LogP contribution in [0.3, 0.4) is 0 Å². The molecule has 1 heterocycles. The number of anilines is 1. The Hall–Kier alpha value is -2.09. The molecule has 102 valence electrons. The lowest BCUT2D eigenvalue weighted by molar-refractivity contribution is 0.0699. The van der Waals surface area contributed by atoms with E-state index in [1.165, 1.54) is 32.0 Å². The summed E-state index contributed by atoms with van der Waals surface area (Å²) in [6.07, 6.45) is 0. The number of imidazole rings is 1. The SMILES string of the molecule is CC(C)S(=O)(=O)n1c(N)nc2c(C(=O)O)cccc21. The fourth-order valence-electron chi connectivity index (χ4n) is 1.75. The predicted molar refractivity (Wildman–Crippen MR) is 70.6 cm³/mol. The summed E-state index contributed by atoms with van der Waals surface area (Å²) in [7, 11) is -3.70. The highest BCUT2D eigenvalue weighted by molar-refractivity contribution is 7.90. The van der Waals surface area contributed by atoms with Crippen LogP contribution >= 0.6 is 0 Å². The minimum absolute atomic E-state index is 0.0664. The van der Waals surface area contributed by atoms with Crippen LogP contribution in [0.1, 0.15) is 24.2 Å². The van der Waals surface area contributed by atoms with Crippen molar-refractivity contribution in [3.63, 3.8) is 0 Å². The van der Waals surface area contributed by atoms with Gasteiger partial charge in [0, 0.05) is 0 Å². The normalized spacial score (nSPS) is 12.2. The monoisotopic (exact) mass is 283 g/mol. The largest absolute Gasteiger partial charge is 0.478 e. The summed E-state index contributed by atoms with van der Waals surface area (Å²) in [5.74, 6) is -1.42. The second-order valence-corrected chi connectivity index (χ2v) is 6.64. The predicted octanol–water partition coefficient (Wildman–Crippen LogP) is 0.903. The number of carboxylic acids is 1. The Morgan fingerprint density at radius 2 is 2.05 bits per heavy atom. The van der Waals surface area contributed by atoms with E-state index in [4.69, 9.17) is 10.8 Å². The number of carbonyl (C=O) groups is 1. The molecule has 0 aliphatic carbocycles. The van der Waals surface area contributed by atoms with Crippen molar-refractivity contribution in [2.75, 3.05) is 5.73 Å². The third kappa shape index (κ3) is 1.93. The van der Waals surface area contributed by atoms with Crippen molar-refractivity contribution >= 4 is 33.0 Å². The van der Waals surface area contributed by atoms with Crippen molar-refractivity contribution < 1.29 is 18.3 Å². The van der Waals surface area contributed by atoms with Crippen LogP contribution in [0.5, 0.6) is 0 Å². The van der Waals surface area contributed by atoms with Crippen LogP contribution in [0.2, 0.25) is 0 Å². The van der Waals surface area contributed by atoms with Gasteiger partial charge >= 0.3 is 5.97 Å². The standard InChI is InChI=1S/C11H13N3O4S/c1-6(2)19(17,18)14-8-5-3-4-7(10(15)16)9(8)13-11(14)12/h3-6H,1-2H3,(H2,12,13)(H,15,16). The van der Waals surface area contributed by atoms with Gasteiger partial charge in [-0.15, -0.1) is 0 Å². The number of nitrogen functional groups attached to an aromatic ring is 1. The minimum atomic E-state index is -3.70. The van der Waals surface area contributed by atoms with E-state index in [1.54, 1.807) is 0 Å². The van der Waals surface area contributed by atoms with Gasteiger partial charge in [0.25, 0.3) is 0 Å². The molecular weight excluding hydrogens is 270 g/mol. The molecule has 8 heteroatoms. The van der Waals surface area contributed by atoms with Crippen molar-refractivity contribution in [1.82, 2.24) is 8.96 Å². The molecule has 0 unspecified atom stereocenters. The lowest BCUT2D eigenvalue weighted by Gasteiger charge is -2.10. The summed E-state index contributed by atoms with van der Waals surface area (Å²) in [6.45, 7) is 3.03. The van der Waals surface area contributed by atoms with Gasteiger partial charge in [0.05, 0.1) is 16.3 Å². The van der Waals surface area contributed by atoms with Crippen LogP contribution in [-0.2, 0) is 10.0 Å². The molecule has 2 aromatic rings. The number of nitrogens with two attached hydrogens (primary N) is 1. The Labute approximate surface area is 109 Å². The van der Waals surface area contributed by atoms with E-state index in [1.807, 2.05) is 0 Å². The van der Waals surface area contributed by atoms with Gasteiger partial charge in [0.2, 0.25) is 16.0 Å². The molecule has 19 heavy (non-hydrogen) atoms. The molecule has 0 aliphatic rings. The van der Waals surface area contributed by atoms with Crippen LogP contribution < -0.4 is 5.73 Å². The fraction of sp³-hybridized carbons (Fsp3) is 0.273. The van der Waals surface area contributed by atoms with Gasteiger partial charge in [-0.3, -0.25) is 0 Å². The summed E-state index contributed by atoms with van der Waals surface area (Å²) < 4.78 is 25.3. The van der Waals surface area contributed by atoms with Gasteiger partial charge in [-0.2, -0.15) is 0 Å². The molecule has 2 rings (SSSR count). The third-order valence-electron chi connectivity index (χ3n) is 2.75. The second-order valence-electron chi connectivity index (χ2n) is 4.31. The number of aromatic carboxylic acids is 1. The van der Waals surface area contributed by atoms with E-state index in [-0.39, 0.29) is 22.5 Å². The zero-order chi connectivity index (χ0) is 14.4. The lowest BCUT2D eigenvalue weighted by Crippen LogP contribution is -2.23. The molecule has 0 atom stereocenters. The van der Waals surface area contributed by atoms with Gasteiger partial charge in [-0.25, -0.2) is 22.2 Å². The topological polar surface area (TPSA) is 115 Å². The molecule has 0 amide bonds. The smallest absolute Gasteiger partial charge is 0.337 e. The summed E-state index contributed by atoms with van der Waals surface area (Å²) in [6, 6.07) is 4.29. The quantitative estimate of drug-likeness (QED) is 0.864. The van der Waals surface area contributed by atoms with E-state index in [2.05, 4.69) is 4.98 Å². The molecule has 1 aromatic heterocycles. The second kappa shape index (κ2) is 4.23. The average Bonchev–Trinajstić information content (AvgIpc) is 2.64. The Morgan fingerprint density at radius 1 is 1.42 bits per heavy atom. The summed E-state index contributed by atoms with van der Waals surface area (Å²) in [4.78, 5) is 14.9. The van der Waals surface area contributed by atoms with Crippen molar-refractivity contribution in [2.24, 2.45) is 0 Å². The van der Waals surface area contributed by atoms with Crippen molar-refractivity contribution in [3.05, 3.63) is 23.8 Å². The Balaban J connectivity index is 2.89. The molecule has 0 spiro atoms. The Bertz CT molecular complexity index is 762. The highest BCUT2D eigenvalue weighted by Gasteiger charge is 2.26. The number of carboxylic acid groups (broad SMARTS) is 1. The first-order chi connectivity index (χ1) is 8.76. The maximum Gasteiger partial charge on any atom is 0.337 e. The first kappa shape index (κ1) is 13.3. The fourth-order valence-corrected chi connectivity index (χ4v) is 2.89. The number of fused-ring (bicyclic) bond motifs is 1. The van der Waals surface area contributed by atoms with Gasteiger partial charge in [-0.05, 0) is 26.0 Å². The molecule has 0 radical (unpaired) electrons. The number of nitrogens with zero attached hydrogens (tertiary/aromatic N) is 2. The van der Waals surface area contributed by atoms with Crippen molar-refractivity contribution in [3.8, 4) is 0 Å². The number of benzene rings is 1. The molecule has 3 N–H and O–H groups in total. The van der Waals surface area contributed by atoms with Crippen molar-refractivity contribution in [1.29, 1.82) is 0 Å². The number of hydrogen-bond acceptors (Lipinski definition) is 5. The first-order valence-electron chi connectivity index (χ1n) is 5.51. The van der Waals surface area contributed by atoms with Gasteiger partial charge in [0.1, 0.15) is 5.52 Å². The zero-order valence-electron chi connectivity index (χ0n) is 10.4. The van der Waals surface area contributed by atoms with Gasteiger partial charge in [-0.1, -0.05) is 6.07 Å². The molecule has 0 saturated carbocycles. The summed E-state index contributed by atoms with van der Waals surface area (Å²) in [5.41, 5.74) is 5.78. The van der Waals surface area contributed by atoms with Crippen LogP contribution in [0, 0.1) is 0 Å². The Kier molecular flexibility index (Phi) is 2.97. The maximum atomic E-state index is 12.2. The maximum absolute atomic E-state index is 12.2. The highest BCUT2D eigenvalue weighted by atomic mass is 32.2. The first-order valence-corrected chi connectivity index (χ1v) is 7.01. The number of para-hydroxylation sites is 1. The van der Waals surface area contributed by atoms with Gasteiger partial charge in [0.15, 0.2) is 0 Å². The van der Waals surface area contributed by atoms with E-state index in [0.29, 0.717) is 0 Å². The lowest BCUT2D eigenvalue weighted by atomic mass is 10.2.